The van der Waals surface area contributed by atoms with E-state index in [0.717, 1.165) is 22.3 Å². The maximum absolute atomic E-state index is 2.21. The zero-order valence-corrected chi connectivity index (χ0v) is 11.3. The van der Waals surface area contributed by atoms with E-state index < -0.39 is 0 Å². The molecule has 0 aromatic carbocycles. The highest BCUT2D eigenvalue weighted by molar-refractivity contribution is 8.77. The van der Waals surface area contributed by atoms with Gasteiger partial charge < -0.3 is 0 Å². The molecule has 0 saturated heterocycles. The van der Waals surface area contributed by atoms with E-state index in [2.05, 4.69) is 34.1 Å². The van der Waals surface area contributed by atoms with E-state index in [1.54, 1.807) is 0 Å². The van der Waals surface area contributed by atoms with Crippen molar-refractivity contribution in [1.29, 1.82) is 0 Å². The number of hydrogen-bond acceptors (Lipinski definition) is 4. The minimum atomic E-state index is 0.985. The highest BCUT2D eigenvalue weighted by Crippen LogP contribution is 2.56. The van der Waals surface area contributed by atoms with E-state index in [0.29, 0.717) is 0 Å². The normalized spacial score (nSPS) is 42.9. The summed E-state index contributed by atoms with van der Waals surface area (Å²) in [5.41, 5.74) is 0. The lowest BCUT2D eigenvalue weighted by atomic mass is 10.00. The third-order valence-corrected chi connectivity index (χ3v) is 7.84. The van der Waals surface area contributed by atoms with Crippen molar-refractivity contribution in [2.24, 2.45) is 11.8 Å². The third kappa shape index (κ3) is 2.32. The Bertz CT molecular complexity index is 155. The molecule has 13 heavy (non-hydrogen) atoms. The van der Waals surface area contributed by atoms with Crippen molar-refractivity contribution in [3.05, 3.63) is 0 Å². The standard InChI is InChI=1S/C9H16S4/c1-10-12-8-4-7-3-6(8)5-9(7)13-11-2/h6-9H,3-5H2,1-2H3. The Morgan fingerprint density at radius 1 is 0.769 bits per heavy atom. The molecule has 2 aliphatic rings. The maximum atomic E-state index is 2.21. The molecule has 4 atom stereocenters. The molecule has 0 aromatic rings. The molecule has 0 nitrogen and oxygen atoms in total. The van der Waals surface area contributed by atoms with E-state index in [-0.39, 0.29) is 0 Å². The largest absolute Gasteiger partial charge is 0.0973 e. The van der Waals surface area contributed by atoms with Gasteiger partial charge in [0.25, 0.3) is 0 Å². The Labute approximate surface area is 96.9 Å². The molecule has 0 heterocycles. The van der Waals surface area contributed by atoms with Crippen molar-refractivity contribution in [3.8, 4) is 0 Å². The van der Waals surface area contributed by atoms with Crippen LogP contribution in [0.5, 0.6) is 0 Å². The van der Waals surface area contributed by atoms with Gasteiger partial charge >= 0.3 is 0 Å². The number of rotatable bonds is 4. The summed E-state index contributed by atoms with van der Waals surface area (Å²) in [6.45, 7) is 0. The van der Waals surface area contributed by atoms with Crippen LogP contribution in [0.3, 0.4) is 0 Å². The maximum Gasteiger partial charge on any atom is 0.0183 e. The summed E-state index contributed by atoms with van der Waals surface area (Å²) in [7, 11) is 8.16. The minimum Gasteiger partial charge on any atom is -0.0973 e. The van der Waals surface area contributed by atoms with E-state index in [9.17, 15) is 0 Å². The fourth-order valence-corrected chi connectivity index (χ4v) is 7.46. The lowest BCUT2D eigenvalue weighted by molar-refractivity contribution is 0.507. The second-order valence-corrected chi connectivity index (χ2v) is 9.25. The van der Waals surface area contributed by atoms with Crippen LogP contribution in [0.1, 0.15) is 19.3 Å². The zero-order chi connectivity index (χ0) is 9.26. The fraction of sp³-hybridized carbons (Fsp3) is 1.00. The Morgan fingerprint density at radius 2 is 1.23 bits per heavy atom. The first-order chi connectivity index (χ1) is 6.35. The van der Waals surface area contributed by atoms with Gasteiger partial charge in [-0.15, -0.1) is 0 Å². The Hall–Kier alpha value is 1.40. The molecular weight excluding hydrogens is 236 g/mol. The van der Waals surface area contributed by atoms with Gasteiger partial charge in [-0.3, -0.25) is 0 Å². The molecule has 0 aromatic heterocycles. The summed E-state index contributed by atoms with van der Waals surface area (Å²) in [6, 6.07) is 0. The summed E-state index contributed by atoms with van der Waals surface area (Å²) in [5, 5.41) is 1.97. The summed E-state index contributed by atoms with van der Waals surface area (Å²) in [5.74, 6) is 2.10. The molecule has 0 spiro atoms. The second-order valence-electron chi connectivity index (χ2n) is 3.83. The average Bonchev–Trinajstić information content (AvgIpc) is 2.65. The van der Waals surface area contributed by atoms with Crippen molar-refractivity contribution < 1.29 is 0 Å². The van der Waals surface area contributed by atoms with Gasteiger partial charge in [-0.05, 0) is 43.6 Å². The summed E-state index contributed by atoms with van der Waals surface area (Å²) in [6.07, 6.45) is 8.94. The molecule has 0 radical (unpaired) electrons. The molecule has 4 unspecified atom stereocenters. The predicted octanol–water partition coefficient (Wildman–Crippen LogP) is 4.18. The van der Waals surface area contributed by atoms with Crippen LogP contribution in [0, 0.1) is 11.8 Å². The van der Waals surface area contributed by atoms with Gasteiger partial charge in [0, 0.05) is 10.5 Å². The Balaban J connectivity index is 1.84. The van der Waals surface area contributed by atoms with Gasteiger partial charge in [-0.2, -0.15) is 0 Å². The van der Waals surface area contributed by atoms with Crippen LogP contribution in [0.15, 0.2) is 0 Å². The van der Waals surface area contributed by atoms with Gasteiger partial charge in [0.1, 0.15) is 0 Å². The first kappa shape index (κ1) is 10.9. The Morgan fingerprint density at radius 3 is 1.54 bits per heavy atom. The predicted molar refractivity (Wildman–Crippen MR) is 70.6 cm³/mol. The van der Waals surface area contributed by atoms with E-state index >= 15 is 0 Å². The van der Waals surface area contributed by atoms with Crippen molar-refractivity contribution in [1.82, 2.24) is 0 Å². The first-order valence-corrected chi connectivity index (χ1v) is 9.98. The molecule has 0 N–H and O–H groups in total. The minimum absolute atomic E-state index is 0.985. The molecular formula is C9H16S4. The second kappa shape index (κ2) is 4.95. The number of fused-ring (bicyclic) bond motifs is 2. The third-order valence-electron chi connectivity index (χ3n) is 3.17. The van der Waals surface area contributed by atoms with Crippen LogP contribution >= 0.6 is 43.2 Å². The van der Waals surface area contributed by atoms with Gasteiger partial charge in [0.15, 0.2) is 0 Å². The highest BCUT2D eigenvalue weighted by atomic mass is 33.1. The Kier molecular flexibility index (Phi) is 4.15. The topological polar surface area (TPSA) is 0 Å². The zero-order valence-electron chi connectivity index (χ0n) is 8.06. The number of hydrogen-bond donors (Lipinski definition) is 0. The molecule has 2 rings (SSSR count). The summed E-state index contributed by atoms with van der Waals surface area (Å²) in [4.78, 5) is 0. The van der Waals surface area contributed by atoms with E-state index in [1.165, 1.54) is 19.3 Å². The van der Waals surface area contributed by atoms with Gasteiger partial charge in [0.05, 0.1) is 0 Å². The van der Waals surface area contributed by atoms with Crippen molar-refractivity contribution in [2.45, 2.75) is 29.8 Å². The van der Waals surface area contributed by atoms with Crippen LogP contribution in [0.4, 0.5) is 0 Å². The summed E-state index contributed by atoms with van der Waals surface area (Å²) >= 11 is 0. The van der Waals surface area contributed by atoms with Crippen molar-refractivity contribution in [3.63, 3.8) is 0 Å². The average molecular weight is 252 g/mol. The molecule has 2 fully saturated rings. The van der Waals surface area contributed by atoms with Crippen LogP contribution in [0.2, 0.25) is 0 Å². The highest BCUT2D eigenvalue weighted by Gasteiger charge is 2.46. The van der Waals surface area contributed by atoms with Gasteiger partial charge in [-0.25, -0.2) is 0 Å². The molecule has 2 saturated carbocycles. The molecule has 4 heteroatoms. The molecule has 76 valence electrons. The lowest BCUT2D eigenvalue weighted by Crippen LogP contribution is -2.20. The van der Waals surface area contributed by atoms with Crippen LogP contribution < -0.4 is 0 Å². The first-order valence-electron chi connectivity index (χ1n) is 4.74. The fourth-order valence-electron chi connectivity index (χ4n) is 2.65. The lowest BCUT2D eigenvalue weighted by Gasteiger charge is -2.25. The van der Waals surface area contributed by atoms with Gasteiger partial charge in [-0.1, -0.05) is 43.2 Å². The smallest absolute Gasteiger partial charge is 0.0183 e. The monoisotopic (exact) mass is 252 g/mol. The molecule has 2 bridgehead atoms. The SMILES string of the molecule is CSSC1CC2CC1CC2SSC. The quantitative estimate of drug-likeness (QED) is 0.688. The van der Waals surface area contributed by atoms with Crippen LogP contribution in [0.25, 0.3) is 0 Å². The van der Waals surface area contributed by atoms with Crippen LogP contribution in [-0.4, -0.2) is 23.0 Å². The van der Waals surface area contributed by atoms with Crippen molar-refractivity contribution >= 4 is 43.2 Å². The van der Waals surface area contributed by atoms with Crippen LogP contribution in [-0.2, 0) is 0 Å². The summed E-state index contributed by atoms with van der Waals surface area (Å²) < 4.78 is 0. The molecule has 2 aliphatic carbocycles. The van der Waals surface area contributed by atoms with Crippen molar-refractivity contribution in [2.75, 3.05) is 12.5 Å². The van der Waals surface area contributed by atoms with E-state index in [1.807, 2.05) is 21.6 Å². The van der Waals surface area contributed by atoms with Gasteiger partial charge in [0.2, 0.25) is 0 Å². The molecule has 0 aliphatic heterocycles. The van der Waals surface area contributed by atoms with E-state index in [4.69, 9.17) is 0 Å². The molecule has 0 amide bonds.